The molecule has 1 amide bonds. The summed E-state index contributed by atoms with van der Waals surface area (Å²) < 4.78 is 6.49. The molecule has 182 valence electrons. The second-order valence-corrected chi connectivity index (χ2v) is 10.1. The molecule has 0 saturated heterocycles. The first-order valence-corrected chi connectivity index (χ1v) is 12.9. The molecule has 0 fully saturated rings. The van der Waals surface area contributed by atoms with Gasteiger partial charge in [0.2, 0.25) is 0 Å². The Hall–Kier alpha value is -2.35. The zero-order valence-corrected chi connectivity index (χ0v) is 22.2. The van der Waals surface area contributed by atoms with Gasteiger partial charge in [0.1, 0.15) is 6.04 Å². The Labute approximate surface area is 211 Å². The Morgan fingerprint density at radius 2 is 1.91 bits per heavy atom. The monoisotopic (exact) mass is 526 g/mol. The van der Waals surface area contributed by atoms with Crippen molar-refractivity contribution in [1.29, 1.82) is 0 Å². The number of hydrogen-bond acceptors (Lipinski definition) is 4. The van der Waals surface area contributed by atoms with E-state index >= 15 is 0 Å². The van der Waals surface area contributed by atoms with Crippen molar-refractivity contribution in [2.24, 2.45) is 0 Å². The maximum atomic E-state index is 12.9. The summed E-state index contributed by atoms with van der Waals surface area (Å²) in [5.74, 6) is 0. The van der Waals surface area contributed by atoms with Crippen LogP contribution in [0.25, 0.3) is 10.9 Å². The molecule has 0 bridgehead atoms. The lowest BCUT2D eigenvalue weighted by atomic mass is 9.92. The first-order valence-electron chi connectivity index (χ1n) is 12.1. The molecule has 1 aliphatic heterocycles. The number of ether oxygens (including phenoxy) is 1. The van der Waals surface area contributed by atoms with Crippen LogP contribution < -0.4 is 0 Å². The zero-order chi connectivity index (χ0) is 24.2. The zero-order valence-electron chi connectivity index (χ0n) is 20.6. The van der Waals surface area contributed by atoms with E-state index in [4.69, 9.17) is 4.74 Å². The van der Waals surface area contributed by atoms with E-state index in [9.17, 15) is 4.79 Å². The van der Waals surface area contributed by atoms with Gasteiger partial charge in [-0.25, -0.2) is 4.79 Å². The normalized spacial score (nSPS) is 15.9. The molecule has 2 aromatic carbocycles. The number of carbonyl (C=O) groups is 1. The molecule has 1 aliphatic rings. The van der Waals surface area contributed by atoms with Crippen LogP contribution in [0.4, 0.5) is 4.79 Å². The molecule has 6 nitrogen and oxygen atoms in total. The number of hydrogen-bond donors (Lipinski definition) is 1. The maximum Gasteiger partial charge on any atom is 0.410 e. The maximum absolute atomic E-state index is 12.9. The van der Waals surface area contributed by atoms with E-state index in [1.165, 1.54) is 16.5 Å². The lowest BCUT2D eigenvalue weighted by Crippen LogP contribution is -2.41. The average molecular weight is 528 g/mol. The quantitative estimate of drug-likeness (QED) is 0.425. The Bertz CT molecular complexity index is 1130. The number of amides is 1. The van der Waals surface area contributed by atoms with Crippen LogP contribution >= 0.6 is 15.9 Å². The molecular formula is C27H35BrN4O2. The molecule has 1 N–H and O–H groups in total. The molecule has 4 rings (SSSR count). The Morgan fingerprint density at radius 3 is 2.59 bits per heavy atom. The van der Waals surface area contributed by atoms with Gasteiger partial charge in [0.15, 0.2) is 0 Å². The van der Waals surface area contributed by atoms with Gasteiger partial charge in [0, 0.05) is 47.2 Å². The van der Waals surface area contributed by atoms with E-state index in [1.807, 2.05) is 17.9 Å². The minimum atomic E-state index is -0.261. The molecular weight excluding hydrogens is 492 g/mol. The van der Waals surface area contributed by atoms with E-state index in [2.05, 4.69) is 88.1 Å². The van der Waals surface area contributed by atoms with Crippen LogP contribution in [0, 0.1) is 0 Å². The molecule has 34 heavy (non-hydrogen) atoms. The van der Waals surface area contributed by atoms with Crippen molar-refractivity contribution in [3.05, 3.63) is 69.3 Å². The van der Waals surface area contributed by atoms with Gasteiger partial charge in [-0.1, -0.05) is 47.1 Å². The smallest absolute Gasteiger partial charge is 0.410 e. The molecule has 0 radical (unpaired) electrons. The fraction of sp³-hybridized carbons (Fsp3) is 0.444. The molecule has 0 aliphatic carbocycles. The largest absolute Gasteiger partial charge is 0.450 e. The highest BCUT2D eigenvalue weighted by atomic mass is 79.9. The van der Waals surface area contributed by atoms with E-state index in [0.717, 1.165) is 53.8 Å². The van der Waals surface area contributed by atoms with Gasteiger partial charge in [-0.05, 0) is 68.9 Å². The van der Waals surface area contributed by atoms with E-state index in [-0.39, 0.29) is 12.1 Å². The third-order valence-electron chi connectivity index (χ3n) is 6.60. The second kappa shape index (κ2) is 10.9. The number of aromatic nitrogens is 1. The standard InChI is InChI=1S/C27H35BrN4O2/c1-5-31(16-15-30(3)4)18-19-7-9-20(10-8-19)26-25-22(13-14-32(26)27(33)34-6-2)23-17-21(28)11-12-24(23)29-25/h7-12,17,26,29H,5-6,13-16,18H2,1-4H3. The first-order chi connectivity index (χ1) is 16.4. The summed E-state index contributed by atoms with van der Waals surface area (Å²) in [6.07, 6.45) is 0.541. The molecule has 0 saturated carbocycles. The van der Waals surface area contributed by atoms with E-state index < -0.39 is 0 Å². The van der Waals surface area contributed by atoms with Crippen molar-refractivity contribution < 1.29 is 9.53 Å². The average Bonchev–Trinajstić information content (AvgIpc) is 3.19. The summed E-state index contributed by atoms with van der Waals surface area (Å²) >= 11 is 3.61. The van der Waals surface area contributed by atoms with Crippen LogP contribution in [0.3, 0.4) is 0 Å². The molecule has 1 unspecified atom stereocenters. The lowest BCUT2D eigenvalue weighted by molar-refractivity contribution is 0.0932. The number of benzene rings is 2. The summed E-state index contributed by atoms with van der Waals surface area (Å²) in [6.45, 7) is 9.08. The minimum Gasteiger partial charge on any atom is -0.450 e. The van der Waals surface area contributed by atoms with Crippen LogP contribution in [-0.4, -0.2) is 72.7 Å². The SMILES string of the molecule is CCOC(=O)N1CCc2c([nH]c3ccc(Br)cc23)C1c1ccc(CN(CC)CCN(C)C)cc1. The van der Waals surface area contributed by atoms with Crippen molar-refractivity contribution in [2.75, 3.05) is 46.9 Å². The van der Waals surface area contributed by atoms with Crippen molar-refractivity contribution in [1.82, 2.24) is 19.7 Å². The topological polar surface area (TPSA) is 51.8 Å². The number of halogens is 1. The van der Waals surface area contributed by atoms with E-state index in [0.29, 0.717) is 13.2 Å². The highest BCUT2D eigenvalue weighted by Gasteiger charge is 2.35. The van der Waals surface area contributed by atoms with Crippen LogP contribution in [0.15, 0.2) is 46.9 Å². The van der Waals surface area contributed by atoms with Gasteiger partial charge in [-0.3, -0.25) is 9.80 Å². The summed E-state index contributed by atoms with van der Waals surface area (Å²) in [4.78, 5) is 23.1. The Balaban J connectivity index is 1.65. The predicted octanol–water partition coefficient (Wildman–Crippen LogP) is 5.42. The number of likely N-dealkylation sites (N-methyl/N-ethyl adjacent to an activating group) is 2. The van der Waals surface area contributed by atoms with Crippen LogP contribution in [0.5, 0.6) is 0 Å². The number of carbonyl (C=O) groups excluding carboxylic acids is 1. The first kappa shape index (κ1) is 24.8. The summed E-state index contributed by atoms with van der Waals surface area (Å²) in [7, 11) is 4.22. The molecule has 3 aromatic rings. The van der Waals surface area contributed by atoms with Gasteiger partial charge in [0.05, 0.1) is 6.61 Å². The van der Waals surface area contributed by atoms with Crippen molar-refractivity contribution in [3.63, 3.8) is 0 Å². The van der Waals surface area contributed by atoms with Crippen molar-refractivity contribution in [3.8, 4) is 0 Å². The third kappa shape index (κ3) is 5.32. The molecule has 1 atom stereocenters. The number of aromatic amines is 1. The molecule has 1 aromatic heterocycles. The van der Waals surface area contributed by atoms with Gasteiger partial charge >= 0.3 is 6.09 Å². The minimum absolute atomic E-state index is 0.195. The van der Waals surface area contributed by atoms with Gasteiger partial charge < -0.3 is 14.6 Å². The third-order valence-corrected chi connectivity index (χ3v) is 7.10. The van der Waals surface area contributed by atoms with Gasteiger partial charge in [0.25, 0.3) is 0 Å². The Morgan fingerprint density at radius 1 is 1.15 bits per heavy atom. The van der Waals surface area contributed by atoms with Crippen molar-refractivity contribution in [2.45, 2.75) is 32.9 Å². The number of nitrogens with zero attached hydrogens (tertiary/aromatic N) is 3. The fourth-order valence-corrected chi connectivity index (χ4v) is 5.13. The highest BCUT2D eigenvalue weighted by molar-refractivity contribution is 9.10. The van der Waals surface area contributed by atoms with Crippen LogP contribution in [-0.2, 0) is 17.7 Å². The van der Waals surface area contributed by atoms with Gasteiger partial charge in [-0.15, -0.1) is 0 Å². The van der Waals surface area contributed by atoms with Crippen LogP contribution in [0.1, 0.15) is 42.3 Å². The lowest BCUT2D eigenvalue weighted by Gasteiger charge is -2.35. The van der Waals surface area contributed by atoms with E-state index in [1.54, 1.807) is 0 Å². The molecule has 7 heteroatoms. The number of fused-ring (bicyclic) bond motifs is 3. The summed E-state index contributed by atoms with van der Waals surface area (Å²) in [5.41, 5.74) is 5.84. The predicted molar refractivity (Wildman–Crippen MR) is 141 cm³/mol. The van der Waals surface area contributed by atoms with Gasteiger partial charge in [-0.2, -0.15) is 0 Å². The number of rotatable bonds is 8. The fourth-order valence-electron chi connectivity index (χ4n) is 4.76. The summed E-state index contributed by atoms with van der Waals surface area (Å²) in [5, 5.41) is 1.22. The number of H-pyrrole nitrogens is 1. The highest BCUT2D eigenvalue weighted by Crippen LogP contribution is 2.39. The van der Waals surface area contributed by atoms with Crippen LogP contribution in [0.2, 0.25) is 0 Å². The Kier molecular flexibility index (Phi) is 7.96. The van der Waals surface area contributed by atoms with Crippen molar-refractivity contribution >= 4 is 32.9 Å². The molecule has 2 heterocycles. The molecule has 0 spiro atoms. The summed E-state index contributed by atoms with van der Waals surface area (Å²) in [6, 6.07) is 14.9. The number of nitrogens with one attached hydrogen (secondary N) is 1. The second-order valence-electron chi connectivity index (χ2n) is 9.17.